The van der Waals surface area contributed by atoms with Gasteiger partial charge in [-0.05, 0) is 56.2 Å². The number of ether oxygens (including phenoxy) is 2. The summed E-state index contributed by atoms with van der Waals surface area (Å²) in [5.41, 5.74) is 2.41. The topological polar surface area (TPSA) is 88.4 Å². The number of aryl methyl sites for hydroxylation is 1. The van der Waals surface area contributed by atoms with Crippen LogP contribution in [0, 0.1) is 25.2 Å². The van der Waals surface area contributed by atoms with Crippen LogP contribution in [0.4, 0.5) is 5.00 Å². The molecule has 0 saturated carbocycles. The number of halogens is 1. The van der Waals surface area contributed by atoms with Crippen molar-refractivity contribution in [2.24, 2.45) is 0 Å². The molecule has 1 amide bonds. The lowest BCUT2D eigenvalue weighted by Crippen LogP contribution is -2.16. The minimum absolute atomic E-state index is 0.109. The molecule has 1 aromatic heterocycles. The number of nitrogens with zero attached hydrogens (tertiary/aromatic N) is 1. The molecule has 34 heavy (non-hydrogen) atoms. The van der Waals surface area contributed by atoms with Crippen LogP contribution in [0.1, 0.15) is 38.8 Å². The number of rotatable bonds is 8. The third-order valence-corrected chi connectivity index (χ3v) is 6.47. The summed E-state index contributed by atoms with van der Waals surface area (Å²) in [6, 6.07) is 16.4. The van der Waals surface area contributed by atoms with E-state index in [0.717, 1.165) is 16.0 Å². The molecule has 0 aliphatic carbocycles. The second kappa shape index (κ2) is 11.5. The molecule has 3 rings (SSSR count). The van der Waals surface area contributed by atoms with E-state index in [1.54, 1.807) is 44.2 Å². The summed E-state index contributed by atoms with van der Waals surface area (Å²) in [5, 5.41) is 13.3. The second-order valence-electron chi connectivity index (χ2n) is 7.28. The maximum Gasteiger partial charge on any atom is 0.341 e. The van der Waals surface area contributed by atoms with Gasteiger partial charge in [-0.25, -0.2) is 4.79 Å². The van der Waals surface area contributed by atoms with Crippen molar-refractivity contribution >= 4 is 45.9 Å². The molecule has 3 aromatic rings. The van der Waals surface area contributed by atoms with Gasteiger partial charge in [0.2, 0.25) is 0 Å². The number of thiophene rings is 1. The van der Waals surface area contributed by atoms with Crippen LogP contribution < -0.4 is 10.1 Å². The summed E-state index contributed by atoms with van der Waals surface area (Å²) in [6.07, 6.45) is 1.47. The first-order chi connectivity index (χ1) is 16.3. The largest absolute Gasteiger partial charge is 0.489 e. The van der Waals surface area contributed by atoms with Crippen molar-refractivity contribution in [3.63, 3.8) is 0 Å². The standard InChI is InChI=1S/C26H23ClN2O4S/c1-4-32-26(31)23-16(2)17(3)34-25(23)29-24(30)20(14-28)12-18-8-7-10-21(13-18)33-15-19-9-5-6-11-22(19)27/h5-13H,4,15H2,1-3H3,(H,29,30)/b20-12+. The molecule has 0 fully saturated rings. The van der Waals surface area contributed by atoms with E-state index in [2.05, 4.69) is 5.32 Å². The van der Waals surface area contributed by atoms with Gasteiger partial charge in [0.1, 0.15) is 29.0 Å². The predicted octanol–water partition coefficient (Wildman–Crippen LogP) is 6.32. The van der Waals surface area contributed by atoms with Crippen molar-refractivity contribution in [3.05, 3.63) is 86.3 Å². The minimum atomic E-state index is -0.614. The van der Waals surface area contributed by atoms with Crippen LogP contribution in [-0.2, 0) is 16.1 Å². The summed E-state index contributed by atoms with van der Waals surface area (Å²) in [6.45, 7) is 5.87. The van der Waals surface area contributed by atoms with Crippen LogP contribution in [0.15, 0.2) is 54.1 Å². The molecule has 174 valence electrons. The first-order valence-corrected chi connectivity index (χ1v) is 11.7. The van der Waals surface area contributed by atoms with Crippen molar-refractivity contribution < 1.29 is 19.1 Å². The molecule has 0 bridgehead atoms. The molecule has 0 aliphatic rings. The van der Waals surface area contributed by atoms with Crippen molar-refractivity contribution in [3.8, 4) is 11.8 Å². The van der Waals surface area contributed by atoms with E-state index in [1.807, 2.05) is 31.2 Å². The Morgan fingerprint density at radius 1 is 1.18 bits per heavy atom. The quantitative estimate of drug-likeness (QED) is 0.225. The summed E-state index contributed by atoms with van der Waals surface area (Å²) in [4.78, 5) is 26.1. The van der Waals surface area contributed by atoms with Gasteiger partial charge < -0.3 is 14.8 Å². The number of carbonyl (C=O) groups excluding carboxylic acids is 2. The van der Waals surface area contributed by atoms with Crippen LogP contribution in [0.25, 0.3) is 6.08 Å². The molecule has 8 heteroatoms. The van der Waals surface area contributed by atoms with Gasteiger partial charge in [0.15, 0.2) is 0 Å². The Hall–Kier alpha value is -3.60. The van der Waals surface area contributed by atoms with Crippen LogP contribution in [0.3, 0.4) is 0 Å². The van der Waals surface area contributed by atoms with Gasteiger partial charge >= 0.3 is 5.97 Å². The number of amides is 1. The predicted molar refractivity (Wildman–Crippen MR) is 134 cm³/mol. The van der Waals surface area contributed by atoms with Crippen LogP contribution in [-0.4, -0.2) is 18.5 Å². The van der Waals surface area contributed by atoms with Gasteiger partial charge in [-0.3, -0.25) is 4.79 Å². The maximum absolute atomic E-state index is 12.8. The Bertz CT molecular complexity index is 1290. The molecular formula is C26H23ClN2O4S. The summed E-state index contributed by atoms with van der Waals surface area (Å²) < 4.78 is 10.9. The molecule has 1 N–H and O–H groups in total. The monoisotopic (exact) mass is 494 g/mol. The molecule has 0 unspecified atom stereocenters. The Balaban J connectivity index is 1.78. The number of hydrogen-bond donors (Lipinski definition) is 1. The van der Waals surface area contributed by atoms with Gasteiger partial charge in [0.05, 0.1) is 12.2 Å². The molecule has 1 heterocycles. The number of hydrogen-bond acceptors (Lipinski definition) is 6. The van der Waals surface area contributed by atoms with E-state index in [0.29, 0.717) is 26.9 Å². The second-order valence-corrected chi connectivity index (χ2v) is 8.92. The average Bonchev–Trinajstić information content (AvgIpc) is 3.10. The molecule has 2 aromatic carbocycles. The zero-order chi connectivity index (χ0) is 24.7. The van der Waals surface area contributed by atoms with Crippen LogP contribution >= 0.6 is 22.9 Å². The van der Waals surface area contributed by atoms with E-state index >= 15 is 0 Å². The molecule has 0 saturated heterocycles. The van der Waals surface area contributed by atoms with Gasteiger partial charge in [0, 0.05) is 15.5 Å². The van der Waals surface area contributed by atoms with Crippen molar-refractivity contribution in [1.29, 1.82) is 5.26 Å². The lowest BCUT2D eigenvalue weighted by molar-refractivity contribution is -0.112. The first kappa shape index (κ1) is 25.0. The van der Waals surface area contributed by atoms with Gasteiger partial charge in [-0.2, -0.15) is 5.26 Å². The Kier molecular flexibility index (Phi) is 8.47. The third-order valence-electron chi connectivity index (χ3n) is 4.98. The van der Waals surface area contributed by atoms with Crippen molar-refractivity contribution in [2.45, 2.75) is 27.4 Å². The Morgan fingerprint density at radius 2 is 1.94 bits per heavy atom. The number of nitriles is 1. The van der Waals surface area contributed by atoms with Crippen molar-refractivity contribution in [2.75, 3.05) is 11.9 Å². The molecule has 6 nitrogen and oxygen atoms in total. The first-order valence-electron chi connectivity index (χ1n) is 10.5. The maximum atomic E-state index is 12.8. The normalized spacial score (nSPS) is 11.0. The lowest BCUT2D eigenvalue weighted by Gasteiger charge is -2.09. The number of nitrogens with one attached hydrogen (secondary N) is 1. The van der Waals surface area contributed by atoms with Gasteiger partial charge in [-0.15, -0.1) is 11.3 Å². The van der Waals surface area contributed by atoms with Gasteiger partial charge in [0.25, 0.3) is 5.91 Å². The van der Waals surface area contributed by atoms with Gasteiger partial charge in [-0.1, -0.05) is 41.9 Å². The fourth-order valence-corrected chi connectivity index (χ4v) is 4.35. The summed E-state index contributed by atoms with van der Waals surface area (Å²) >= 11 is 7.44. The third kappa shape index (κ3) is 6.04. The Labute approximate surface area is 207 Å². The number of benzene rings is 2. The average molecular weight is 495 g/mol. The molecular weight excluding hydrogens is 472 g/mol. The molecule has 0 radical (unpaired) electrons. The summed E-state index contributed by atoms with van der Waals surface area (Å²) in [7, 11) is 0. The van der Waals surface area contributed by atoms with Crippen LogP contribution in [0.5, 0.6) is 5.75 Å². The van der Waals surface area contributed by atoms with Crippen molar-refractivity contribution in [1.82, 2.24) is 0 Å². The van der Waals surface area contributed by atoms with E-state index in [1.165, 1.54) is 17.4 Å². The van der Waals surface area contributed by atoms with E-state index in [-0.39, 0.29) is 18.8 Å². The lowest BCUT2D eigenvalue weighted by atomic mass is 10.1. The number of esters is 1. The zero-order valence-corrected chi connectivity index (χ0v) is 20.5. The van der Waals surface area contributed by atoms with E-state index < -0.39 is 11.9 Å². The minimum Gasteiger partial charge on any atom is -0.489 e. The summed E-state index contributed by atoms with van der Waals surface area (Å²) in [5.74, 6) is -0.553. The highest BCUT2D eigenvalue weighted by molar-refractivity contribution is 7.16. The molecule has 0 aliphatic heterocycles. The van der Waals surface area contributed by atoms with Crippen LogP contribution in [0.2, 0.25) is 5.02 Å². The smallest absolute Gasteiger partial charge is 0.341 e. The number of carbonyl (C=O) groups is 2. The fraction of sp³-hybridized carbons (Fsp3) is 0.192. The zero-order valence-electron chi connectivity index (χ0n) is 19.0. The van der Waals surface area contributed by atoms with E-state index in [4.69, 9.17) is 21.1 Å². The molecule has 0 atom stereocenters. The highest BCUT2D eigenvalue weighted by Gasteiger charge is 2.23. The highest BCUT2D eigenvalue weighted by Crippen LogP contribution is 2.33. The molecule has 0 spiro atoms. The fourth-order valence-electron chi connectivity index (χ4n) is 3.12. The Morgan fingerprint density at radius 3 is 2.65 bits per heavy atom. The number of anilines is 1. The van der Waals surface area contributed by atoms with E-state index in [9.17, 15) is 14.9 Å². The highest BCUT2D eigenvalue weighted by atomic mass is 35.5. The SMILES string of the molecule is CCOC(=O)c1c(NC(=O)/C(C#N)=C/c2cccc(OCc3ccccc3Cl)c2)sc(C)c1C.